The van der Waals surface area contributed by atoms with Crippen molar-refractivity contribution in [2.45, 2.75) is 52.5 Å². The zero-order valence-electron chi connectivity index (χ0n) is 18.1. The third kappa shape index (κ3) is 4.96. The van der Waals surface area contributed by atoms with Crippen molar-refractivity contribution in [2.24, 2.45) is 0 Å². The molecule has 0 saturated heterocycles. The Kier molecular flexibility index (Phi) is 8.97. The summed E-state index contributed by atoms with van der Waals surface area (Å²) in [4.78, 5) is 51.4. The molecule has 0 atom stereocenters. The summed E-state index contributed by atoms with van der Waals surface area (Å²) in [6.07, 6.45) is 0.655. The number of benzene rings is 1. The van der Waals surface area contributed by atoms with Crippen LogP contribution in [0.15, 0.2) is 18.2 Å². The Bertz CT molecular complexity index is 773. The van der Waals surface area contributed by atoms with E-state index in [2.05, 4.69) is 0 Å². The molecule has 9 nitrogen and oxygen atoms in total. The molecular weight excluding hydrogens is 392 g/mol. The molecule has 166 valence electrons. The van der Waals surface area contributed by atoms with Gasteiger partial charge in [-0.15, -0.1) is 0 Å². The number of ether oxygens (including phenoxy) is 1. The van der Waals surface area contributed by atoms with Gasteiger partial charge in [0.1, 0.15) is 5.75 Å². The van der Waals surface area contributed by atoms with Crippen molar-refractivity contribution < 1.29 is 34.1 Å². The van der Waals surface area contributed by atoms with Crippen LogP contribution in [0.2, 0.25) is 0 Å². The molecule has 2 N–H and O–H groups in total. The number of anilines is 1. The summed E-state index contributed by atoms with van der Waals surface area (Å²) in [7, 11) is 1.35. The summed E-state index contributed by atoms with van der Waals surface area (Å²) in [5.41, 5.74) is -2.01. The molecule has 0 heterocycles. The molecule has 0 aromatic heterocycles. The van der Waals surface area contributed by atoms with Gasteiger partial charge in [-0.05, 0) is 37.6 Å². The maximum absolute atomic E-state index is 12.4. The first-order chi connectivity index (χ1) is 14.1. The molecule has 1 aromatic carbocycles. The number of hydrogen-bond acceptors (Lipinski definition) is 6. The molecule has 0 aliphatic carbocycles. The Balaban J connectivity index is 3.80. The van der Waals surface area contributed by atoms with Crippen molar-refractivity contribution in [3.63, 3.8) is 0 Å². The number of carbonyl (C=O) groups excluding carboxylic acids is 2. The van der Waals surface area contributed by atoms with Crippen molar-refractivity contribution in [1.29, 1.82) is 0 Å². The fourth-order valence-corrected chi connectivity index (χ4v) is 3.60. The van der Waals surface area contributed by atoms with E-state index < -0.39 is 35.7 Å². The number of nitrogens with zero attached hydrogens (tertiary/aromatic N) is 2. The van der Waals surface area contributed by atoms with Crippen LogP contribution in [0.25, 0.3) is 0 Å². The first-order valence-corrected chi connectivity index (χ1v) is 9.77. The summed E-state index contributed by atoms with van der Waals surface area (Å²) in [5.74, 6) is -4.04. The van der Waals surface area contributed by atoms with E-state index in [0.29, 0.717) is 12.8 Å². The first kappa shape index (κ1) is 25.1. The van der Waals surface area contributed by atoms with Gasteiger partial charge in [0.25, 0.3) is 0 Å². The lowest BCUT2D eigenvalue weighted by atomic mass is 9.87. The predicted octanol–water partition coefficient (Wildman–Crippen LogP) is 2.17. The molecule has 0 unspecified atom stereocenters. The molecule has 0 bridgehead atoms. The van der Waals surface area contributed by atoms with Gasteiger partial charge in [-0.2, -0.15) is 0 Å². The smallest absolute Gasteiger partial charge is 0.336 e. The van der Waals surface area contributed by atoms with Crippen LogP contribution in [-0.4, -0.2) is 64.6 Å². The highest BCUT2D eigenvalue weighted by Crippen LogP contribution is 2.36. The minimum Gasteiger partial charge on any atom is -0.495 e. The van der Waals surface area contributed by atoms with Crippen LogP contribution < -0.4 is 9.64 Å². The number of aliphatic carboxylic acids is 2. The zero-order valence-corrected chi connectivity index (χ0v) is 18.1. The lowest BCUT2D eigenvalue weighted by molar-refractivity contribution is -0.168. The number of carboxylic acids is 2. The van der Waals surface area contributed by atoms with E-state index in [0.717, 1.165) is 4.90 Å². The van der Waals surface area contributed by atoms with E-state index in [4.69, 9.17) is 4.74 Å². The van der Waals surface area contributed by atoms with E-state index >= 15 is 0 Å². The lowest BCUT2D eigenvalue weighted by Crippen LogP contribution is -2.62. The lowest BCUT2D eigenvalue weighted by Gasteiger charge is -2.38. The van der Waals surface area contributed by atoms with Crippen molar-refractivity contribution >= 4 is 29.4 Å². The first-order valence-electron chi connectivity index (χ1n) is 9.77. The molecule has 1 aromatic rings. The van der Waals surface area contributed by atoms with Gasteiger partial charge in [0.15, 0.2) is 0 Å². The number of carbonyl (C=O) groups is 4. The summed E-state index contributed by atoms with van der Waals surface area (Å²) < 4.78 is 5.30. The molecular formula is C21H30N2O7. The maximum atomic E-state index is 12.4. The molecule has 9 heteroatoms. The van der Waals surface area contributed by atoms with Crippen LogP contribution >= 0.6 is 0 Å². The third-order valence-electron chi connectivity index (χ3n) is 4.84. The standard InChI is InChI=1S/C21H30N2O7/c1-6-11-22(12-7-2)21(19(26)27,20(28)29)13-16-9-8-10-17(30-5)18(16)23(14(3)24)15(4)25/h8-10H,6-7,11-13H2,1-5H3,(H,26,27)(H,28,29). The van der Waals surface area contributed by atoms with Gasteiger partial charge < -0.3 is 14.9 Å². The van der Waals surface area contributed by atoms with E-state index in [1.807, 2.05) is 13.8 Å². The zero-order chi connectivity index (χ0) is 23.1. The third-order valence-corrected chi connectivity index (χ3v) is 4.84. The average molecular weight is 422 g/mol. The Morgan fingerprint density at radius 2 is 1.47 bits per heavy atom. The number of imide groups is 1. The van der Waals surface area contributed by atoms with Crippen LogP contribution in [0.4, 0.5) is 5.69 Å². The van der Waals surface area contributed by atoms with E-state index in [9.17, 15) is 29.4 Å². The Morgan fingerprint density at radius 3 is 1.83 bits per heavy atom. The molecule has 1 rings (SSSR count). The topological polar surface area (TPSA) is 124 Å². The minimum atomic E-state index is -2.27. The van der Waals surface area contributed by atoms with Gasteiger partial charge in [-0.3, -0.25) is 14.5 Å². The van der Waals surface area contributed by atoms with Gasteiger partial charge in [-0.1, -0.05) is 26.0 Å². The number of methoxy groups -OCH3 is 1. The number of carboxylic acid groups (broad SMARTS) is 2. The summed E-state index contributed by atoms with van der Waals surface area (Å²) in [5, 5.41) is 20.1. The normalized spacial score (nSPS) is 11.3. The monoisotopic (exact) mass is 422 g/mol. The number of rotatable bonds is 11. The fourth-order valence-electron chi connectivity index (χ4n) is 3.60. The highest BCUT2D eigenvalue weighted by Gasteiger charge is 2.52. The molecule has 0 aliphatic rings. The highest BCUT2D eigenvalue weighted by molar-refractivity contribution is 6.15. The number of hydrogen-bond donors (Lipinski definition) is 2. The van der Waals surface area contributed by atoms with Crippen LogP contribution in [0, 0.1) is 0 Å². The molecule has 0 aliphatic heterocycles. The number of para-hydroxylation sites is 1. The second kappa shape index (κ2) is 10.7. The van der Waals surface area contributed by atoms with Crippen LogP contribution in [-0.2, 0) is 25.6 Å². The largest absolute Gasteiger partial charge is 0.495 e. The van der Waals surface area contributed by atoms with Crippen molar-refractivity contribution in [3.8, 4) is 5.75 Å². The van der Waals surface area contributed by atoms with Crippen LogP contribution in [0.5, 0.6) is 5.75 Å². The highest BCUT2D eigenvalue weighted by atomic mass is 16.5. The van der Waals surface area contributed by atoms with Gasteiger partial charge in [0.05, 0.1) is 12.8 Å². The van der Waals surface area contributed by atoms with E-state index in [1.54, 1.807) is 6.07 Å². The molecule has 0 radical (unpaired) electrons. The predicted molar refractivity (Wildman–Crippen MR) is 111 cm³/mol. The second-order valence-corrected chi connectivity index (χ2v) is 6.98. The van der Waals surface area contributed by atoms with Gasteiger partial charge in [0.2, 0.25) is 17.4 Å². The van der Waals surface area contributed by atoms with Crippen LogP contribution in [0.3, 0.4) is 0 Å². The summed E-state index contributed by atoms with van der Waals surface area (Å²) >= 11 is 0. The van der Waals surface area contributed by atoms with Gasteiger partial charge in [0, 0.05) is 20.3 Å². The maximum Gasteiger partial charge on any atom is 0.336 e. The van der Waals surface area contributed by atoms with E-state index in [-0.39, 0.29) is 30.1 Å². The summed E-state index contributed by atoms with van der Waals surface area (Å²) in [6, 6.07) is 4.60. The molecule has 2 amide bonds. The van der Waals surface area contributed by atoms with Crippen LogP contribution in [0.1, 0.15) is 46.1 Å². The molecule has 0 spiro atoms. The fraction of sp³-hybridized carbons (Fsp3) is 0.524. The van der Waals surface area contributed by atoms with Crippen molar-refractivity contribution in [1.82, 2.24) is 4.90 Å². The van der Waals surface area contributed by atoms with E-state index in [1.165, 1.54) is 38.0 Å². The quantitative estimate of drug-likeness (QED) is 0.520. The Labute approximate surface area is 176 Å². The second-order valence-electron chi connectivity index (χ2n) is 6.98. The van der Waals surface area contributed by atoms with Crippen molar-refractivity contribution in [2.75, 3.05) is 25.1 Å². The SMILES string of the molecule is CCCN(CCC)C(Cc1cccc(OC)c1N(C(C)=O)C(C)=O)(C(=O)O)C(=O)O. The van der Waals surface area contributed by atoms with Gasteiger partial charge >= 0.3 is 11.9 Å². The average Bonchev–Trinajstić information content (AvgIpc) is 2.65. The Morgan fingerprint density at radius 1 is 0.967 bits per heavy atom. The minimum absolute atomic E-state index is 0.0554. The van der Waals surface area contributed by atoms with Crippen molar-refractivity contribution in [3.05, 3.63) is 23.8 Å². The Hall–Kier alpha value is -2.94. The summed E-state index contributed by atoms with van der Waals surface area (Å²) in [6.45, 7) is 6.58. The van der Waals surface area contributed by atoms with Gasteiger partial charge in [-0.25, -0.2) is 14.5 Å². The molecule has 0 saturated carbocycles. The number of amides is 2. The molecule has 0 fully saturated rings. The molecule has 30 heavy (non-hydrogen) atoms.